The summed E-state index contributed by atoms with van der Waals surface area (Å²) in [6.07, 6.45) is -4.46. The Bertz CT molecular complexity index is 457. The fraction of sp³-hybridized carbons (Fsp3) is 0.636. The highest BCUT2D eigenvalue weighted by atomic mass is 35.5. The minimum Gasteiger partial charge on any atom is -0.348 e. The lowest BCUT2D eigenvalue weighted by atomic mass is 9.87. The summed E-state index contributed by atoms with van der Waals surface area (Å²) < 4.78 is 37.0. The number of thiazole rings is 1. The van der Waals surface area contributed by atoms with Crippen LogP contribution in [0.3, 0.4) is 0 Å². The van der Waals surface area contributed by atoms with Crippen LogP contribution in [0.25, 0.3) is 0 Å². The minimum absolute atomic E-state index is 0. The van der Waals surface area contributed by atoms with Crippen LogP contribution in [0.4, 0.5) is 13.2 Å². The average molecular weight is 332 g/mol. The average Bonchev–Trinajstić information content (AvgIpc) is 2.71. The van der Waals surface area contributed by atoms with Gasteiger partial charge in [-0.1, -0.05) is 20.8 Å². The quantitative estimate of drug-likeness (QED) is 0.894. The maximum absolute atomic E-state index is 12.3. The summed E-state index contributed by atoms with van der Waals surface area (Å²) in [7, 11) is 0. The molecule has 3 N–H and O–H groups in total. The first-order valence-corrected chi connectivity index (χ1v) is 6.44. The van der Waals surface area contributed by atoms with E-state index in [0.29, 0.717) is 0 Å². The van der Waals surface area contributed by atoms with Crippen molar-refractivity contribution in [3.8, 4) is 0 Å². The Labute approximate surface area is 125 Å². The number of halogens is 4. The number of carbonyl (C=O) groups is 1. The Hall–Kier alpha value is -0.860. The summed E-state index contributed by atoms with van der Waals surface area (Å²) in [5.41, 5.74) is 4.37. The van der Waals surface area contributed by atoms with Gasteiger partial charge in [0, 0.05) is 5.38 Å². The molecule has 1 aromatic rings. The number of hydrogen-bond donors (Lipinski definition) is 2. The highest BCUT2D eigenvalue weighted by Crippen LogP contribution is 2.29. The smallest absolute Gasteiger partial charge is 0.348 e. The number of hydrogen-bond acceptors (Lipinski definition) is 4. The lowest BCUT2D eigenvalue weighted by Gasteiger charge is -2.25. The monoisotopic (exact) mass is 331 g/mol. The lowest BCUT2D eigenvalue weighted by Crippen LogP contribution is -2.48. The molecule has 1 rings (SSSR count). The van der Waals surface area contributed by atoms with Gasteiger partial charge in [0.25, 0.3) is 0 Å². The van der Waals surface area contributed by atoms with Crippen molar-refractivity contribution in [1.82, 2.24) is 10.3 Å². The Morgan fingerprint density at radius 1 is 1.45 bits per heavy atom. The zero-order valence-electron chi connectivity index (χ0n) is 11.2. The first-order valence-electron chi connectivity index (χ1n) is 5.56. The molecule has 0 fully saturated rings. The van der Waals surface area contributed by atoms with Gasteiger partial charge < -0.3 is 11.1 Å². The van der Waals surface area contributed by atoms with Gasteiger partial charge in [-0.05, 0) is 5.41 Å². The van der Waals surface area contributed by atoms with Crippen LogP contribution in [-0.2, 0) is 17.5 Å². The van der Waals surface area contributed by atoms with Crippen molar-refractivity contribution in [3.63, 3.8) is 0 Å². The Balaban J connectivity index is 0.00000361. The van der Waals surface area contributed by atoms with E-state index < -0.39 is 29.2 Å². The number of carbonyl (C=O) groups excluding carboxylic acids is 1. The van der Waals surface area contributed by atoms with Crippen molar-refractivity contribution < 1.29 is 18.0 Å². The molecule has 9 heteroatoms. The van der Waals surface area contributed by atoms with Gasteiger partial charge in [-0.3, -0.25) is 4.79 Å². The highest BCUT2D eigenvalue weighted by molar-refractivity contribution is 7.09. The van der Waals surface area contributed by atoms with Gasteiger partial charge in [-0.2, -0.15) is 13.2 Å². The van der Waals surface area contributed by atoms with Crippen molar-refractivity contribution in [3.05, 3.63) is 16.1 Å². The van der Waals surface area contributed by atoms with Crippen molar-refractivity contribution in [1.29, 1.82) is 0 Å². The number of alkyl halides is 3. The lowest BCUT2D eigenvalue weighted by molar-refractivity contribution is -0.140. The first-order chi connectivity index (χ1) is 8.51. The second-order valence-electron chi connectivity index (χ2n) is 5.19. The summed E-state index contributed by atoms with van der Waals surface area (Å²) in [5, 5.41) is 3.60. The van der Waals surface area contributed by atoms with Gasteiger partial charge >= 0.3 is 6.18 Å². The topological polar surface area (TPSA) is 68.0 Å². The number of amides is 1. The van der Waals surface area contributed by atoms with Gasteiger partial charge in [-0.25, -0.2) is 4.98 Å². The molecule has 116 valence electrons. The molecule has 0 saturated heterocycles. The third-order valence-electron chi connectivity index (χ3n) is 2.47. The normalized spacial score (nSPS) is 13.6. The second kappa shape index (κ2) is 6.73. The Morgan fingerprint density at radius 3 is 2.40 bits per heavy atom. The Morgan fingerprint density at radius 2 is 2.00 bits per heavy atom. The van der Waals surface area contributed by atoms with Crippen LogP contribution in [0.1, 0.15) is 31.5 Å². The molecule has 20 heavy (non-hydrogen) atoms. The molecule has 0 aromatic carbocycles. The van der Waals surface area contributed by atoms with E-state index in [0.717, 1.165) is 16.7 Å². The fourth-order valence-electron chi connectivity index (χ4n) is 1.19. The molecule has 0 spiro atoms. The molecule has 1 amide bonds. The summed E-state index contributed by atoms with van der Waals surface area (Å²) in [6.45, 7) is 5.37. The van der Waals surface area contributed by atoms with Crippen LogP contribution in [-0.4, -0.2) is 16.9 Å². The predicted molar refractivity (Wildman–Crippen MR) is 73.6 cm³/mol. The van der Waals surface area contributed by atoms with E-state index in [1.54, 1.807) is 0 Å². The van der Waals surface area contributed by atoms with E-state index in [1.807, 2.05) is 20.8 Å². The molecule has 0 radical (unpaired) electrons. The van der Waals surface area contributed by atoms with E-state index in [4.69, 9.17) is 5.73 Å². The second-order valence-corrected chi connectivity index (χ2v) is 6.13. The summed E-state index contributed by atoms with van der Waals surface area (Å²) in [5.74, 6) is -0.406. The zero-order valence-corrected chi connectivity index (χ0v) is 12.9. The van der Waals surface area contributed by atoms with Gasteiger partial charge in [0.1, 0.15) is 5.01 Å². The van der Waals surface area contributed by atoms with E-state index in [9.17, 15) is 18.0 Å². The van der Waals surface area contributed by atoms with Gasteiger partial charge in [0.15, 0.2) is 5.69 Å². The zero-order chi connectivity index (χ0) is 14.8. The molecule has 0 unspecified atom stereocenters. The van der Waals surface area contributed by atoms with Crippen LogP contribution in [0, 0.1) is 5.41 Å². The van der Waals surface area contributed by atoms with Crippen LogP contribution in [0.5, 0.6) is 0 Å². The Kier molecular flexibility index (Phi) is 6.44. The number of nitrogens with one attached hydrogen (secondary N) is 1. The third kappa shape index (κ3) is 5.26. The molecule has 1 aromatic heterocycles. The van der Waals surface area contributed by atoms with Crippen LogP contribution < -0.4 is 11.1 Å². The molecule has 0 saturated carbocycles. The van der Waals surface area contributed by atoms with Gasteiger partial charge in [-0.15, -0.1) is 23.7 Å². The minimum atomic E-state index is -4.46. The molecule has 0 aliphatic carbocycles. The van der Waals surface area contributed by atoms with Crippen molar-refractivity contribution in [2.45, 2.75) is 39.5 Å². The molecule has 0 aliphatic heterocycles. The standard InChI is InChI=1S/C11H16F3N3OS.ClH/c1-10(2,3)8(15)9(18)16-4-7-17-6(5-19-7)11(12,13)14;/h5,8H,4,15H2,1-3H3,(H,16,18);1H/t8-;/m1./s1. The molecule has 1 atom stereocenters. The third-order valence-corrected chi connectivity index (χ3v) is 3.32. The number of nitrogens with two attached hydrogens (primary N) is 1. The highest BCUT2D eigenvalue weighted by Gasteiger charge is 2.34. The van der Waals surface area contributed by atoms with Gasteiger partial charge in [0.05, 0.1) is 12.6 Å². The summed E-state index contributed by atoms with van der Waals surface area (Å²) >= 11 is 0.851. The largest absolute Gasteiger partial charge is 0.434 e. The molecular formula is C11H17ClF3N3OS. The maximum atomic E-state index is 12.3. The molecular weight excluding hydrogens is 315 g/mol. The van der Waals surface area contributed by atoms with Crippen LogP contribution in [0.15, 0.2) is 5.38 Å². The fourth-order valence-corrected chi connectivity index (χ4v) is 1.93. The van der Waals surface area contributed by atoms with E-state index >= 15 is 0 Å². The molecule has 4 nitrogen and oxygen atoms in total. The maximum Gasteiger partial charge on any atom is 0.434 e. The van der Waals surface area contributed by atoms with Gasteiger partial charge in [0.2, 0.25) is 5.91 Å². The van der Waals surface area contributed by atoms with Crippen molar-refractivity contribution >= 4 is 29.7 Å². The summed E-state index contributed by atoms with van der Waals surface area (Å²) in [4.78, 5) is 15.1. The number of rotatable bonds is 3. The predicted octanol–water partition coefficient (Wildman–Crippen LogP) is 2.57. The van der Waals surface area contributed by atoms with Crippen LogP contribution in [0.2, 0.25) is 0 Å². The van der Waals surface area contributed by atoms with E-state index in [-0.39, 0.29) is 24.0 Å². The SMILES string of the molecule is CC(C)(C)[C@H](N)C(=O)NCc1nc(C(F)(F)F)cs1.Cl. The molecule has 1 heterocycles. The number of aromatic nitrogens is 1. The van der Waals surface area contributed by atoms with E-state index in [1.165, 1.54) is 0 Å². The van der Waals surface area contributed by atoms with Crippen molar-refractivity contribution in [2.75, 3.05) is 0 Å². The first kappa shape index (κ1) is 19.1. The van der Waals surface area contributed by atoms with E-state index in [2.05, 4.69) is 10.3 Å². The van der Waals surface area contributed by atoms with Crippen LogP contribution >= 0.6 is 23.7 Å². The number of nitrogens with zero attached hydrogens (tertiary/aromatic N) is 1. The van der Waals surface area contributed by atoms with Crippen molar-refractivity contribution in [2.24, 2.45) is 11.1 Å². The summed E-state index contributed by atoms with van der Waals surface area (Å²) in [6, 6.07) is -0.727. The molecule has 0 bridgehead atoms. The molecule has 0 aliphatic rings.